The van der Waals surface area contributed by atoms with Crippen LogP contribution < -0.4 is 5.32 Å². The van der Waals surface area contributed by atoms with E-state index < -0.39 is 0 Å². The van der Waals surface area contributed by atoms with Crippen LogP contribution in [0.1, 0.15) is 13.8 Å². The molecule has 0 bridgehead atoms. The molecule has 2 aromatic heterocycles. The summed E-state index contributed by atoms with van der Waals surface area (Å²) in [5.41, 5.74) is 1.14. The lowest BCUT2D eigenvalue weighted by atomic mass is 10.4. The van der Waals surface area contributed by atoms with Gasteiger partial charge in [-0.05, 0) is 13.8 Å². The van der Waals surface area contributed by atoms with Gasteiger partial charge in [-0.1, -0.05) is 11.3 Å². The topological polar surface area (TPSA) is 42.7 Å². The van der Waals surface area contributed by atoms with E-state index in [1.807, 2.05) is 18.7 Å². The van der Waals surface area contributed by atoms with Crippen LogP contribution in [0.25, 0.3) is 10.6 Å². The Hall–Kier alpha value is -1.36. The van der Waals surface area contributed by atoms with Gasteiger partial charge in [-0.3, -0.25) is 0 Å². The van der Waals surface area contributed by atoms with Crippen molar-refractivity contribution in [3.8, 4) is 10.6 Å². The fraction of sp³-hybridized carbons (Fsp3) is 0.400. The molecule has 80 valence electrons. The van der Waals surface area contributed by atoms with Crippen LogP contribution in [0.4, 0.5) is 5.13 Å². The van der Waals surface area contributed by atoms with Crippen LogP contribution in [0, 0.1) is 0 Å². The maximum atomic E-state index is 4.30. The molecule has 0 aliphatic heterocycles. The molecule has 2 heterocycles. The Kier molecular flexibility index (Phi) is 3.01. The Morgan fingerprint density at radius 1 is 1.40 bits per heavy atom. The second-order valence-electron chi connectivity index (χ2n) is 3.12. The summed E-state index contributed by atoms with van der Waals surface area (Å²) in [7, 11) is 0. The molecule has 1 N–H and O–H groups in total. The Morgan fingerprint density at radius 3 is 3.00 bits per heavy atom. The highest BCUT2D eigenvalue weighted by Gasteiger charge is 2.07. The molecule has 0 saturated heterocycles. The molecule has 0 aliphatic carbocycles. The van der Waals surface area contributed by atoms with Gasteiger partial charge in [-0.25, -0.2) is 9.97 Å². The molecule has 0 atom stereocenters. The van der Waals surface area contributed by atoms with E-state index in [2.05, 4.69) is 33.7 Å². The zero-order chi connectivity index (χ0) is 10.7. The summed E-state index contributed by atoms with van der Waals surface area (Å²) in [4.78, 5) is 9.61. The maximum absolute atomic E-state index is 4.30. The summed E-state index contributed by atoms with van der Waals surface area (Å²) in [5, 5.41) is 4.17. The van der Waals surface area contributed by atoms with E-state index in [1.165, 1.54) is 0 Å². The standard InChI is InChI=1S/C10H14N4S/c1-3-12-10-13-6-9(15-10)8-5-11-7-14(8)4-2/h5-7H,3-4H2,1-2H3,(H,12,13). The Balaban J connectivity index is 2.28. The second kappa shape index (κ2) is 4.44. The summed E-state index contributed by atoms with van der Waals surface area (Å²) in [5.74, 6) is 0. The first kappa shape index (κ1) is 10.2. The van der Waals surface area contributed by atoms with Crippen molar-refractivity contribution in [2.45, 2.75) is 20.4 Å². The number of anilines is 1. The van der Waals surface area contributed by atoms with Crippen LogP contribution in [0.15, 0.2) is 18.7 Å². The van der Waals surface area contributed by atoms with Gasteiger partial charge < -0.3 is 9.88 Å². The maximum Gasteiger partial charge on any atom is 0.183 e. The number of aryl methyl sites for hydroxylation is 1. The van der Waals surface area contributed by atoms with E-state index in [1.54, 1.807) is 11.3 Å². The lowest BCUT2D eigenvalue weighted by Crippen LogP contribution is -1.94. The van der Waals surface area contributed by atoms with E-state index in [9.17, 15) is 0 Å². The third-order valence-corrected chi connectivity index (χ3v) is 3.12. The zero-order valence-corrected chi connectivity index (χ0v) is 9.71. The zero-order valence-electron chi connectivity index (χ0n) is 8.90. The van der Waals surface area contributed by atoms with Gasteiger partial charge in [0.2, 0.25) is 0 Å². The third kappa shape index (κ3) is 2.02. The number of hydrogen-bond donors (Lipinski definition) is 1. The number of thiazole rings is 1. The number of imidazole rings is 1. The van der Waals surface area contributed by atoms with E-state index in [0.717, 1.165) is 28.8 Å². The van der Waals surface area contributed by atoms with Crippen LogP contribution in [0.3, 0.4) is 0 Å². The highest BCUT2D eigenvalue weighted by molar-refractivity contribution is 7.18. The average Bonchev–Trinajstić information content (AvgIpc) is 2.84. The number of aromatic nitrogens is 3. The molecule has 4 nitrogen and oxygen atoms in total. The van der Waals surface area contributed by atoms with Crippen LogP contribution in [-0.4, -0.2) is 21.1 Å². The molecule has 0 aliphatic rings. The van der Waals surface area contributed by atoms with Gasteiger partial charge in [0.15, 0.2) is 5.13 Å². The Bertz CT molecular complexity index is 432. The van der Waals surface area contributed by atoms with E-state index in [-0.39, 0.29) is 0 Å². The summed E-state index contributed by atoms with van der Waals surface area (Å²) in [6.07, 6.45) is 5.63. The highest BCUT2D eigenvalue weighted by Crippen LogP contribution is 2.28. The lowest BCUT2D eigenvalue weighted by molar-refractivity contribution is 0.770. The summed E-state index contributed by atoms with van der Waals surface area (Å²) in [6, 6.07) is 0. The monoisotopic (exact) mass is 222 g/mol. The Morgan fingerprint density at radius 2 is 2.27 bits per heavy atom. The molecule has 5 heteroatoms. The minimum Gasteiger partial charge on any atom is -0.362 e. The molecule has 15 heavy (non-hydrogen) atoms. The molecular formula is C10H14N4S. The van der Waals surface area contributed by atoms with Gasteiger partial charge in [0.1, 0.15) is 0 Å². The molecule has 0 unspecified atom stereocenters. The lowest BCUT2D eigenvalue weighted by Gasteiger charge is -2.00. The predicted octanol–water partition coefficient (Wildman–Crippen LogP) is 2.46. The highest BCUT2D eigenvalue weighted by atomic mass is 32.1. The van der Waals surface area contributed by atoms with Crippen molar-refractivity contribution >= 4 is 16.5 Å². The first-order chi connectivity index (χ1) is 7.35. The van der Waals surface area contributed by atoms with Crippen molar-refractivity contribution in [1.82, 2.24) is 14.5 Å². The molecule has 0 aromatic carbocycles. The van der Waals surface area contributed by atoms with Crippen molar-refractivity contribution in [3.05, 3.63) is 18.7 Å². The fourth-order valence-electron chi connectivity index (χ4n) is 1.40. The molecule has 2 aromatic rings. The van der Waals surface area contributed by atoms with Gasteiger partial charge in [-0.2, -0.15) is 0 Å². The first-order valence-electron chi connectivity index (χ1n) is 5.05. The normalized spacial score (nSPS) is 10.5. The third-order valence-electron chi connectivity index (χ3n) is 2.14. The van der Waals surface area contributed by atoms with Crippen LogP contribution in [0.2, 0.25) is 0 Å². The minimum absolute atomic E-state index is 0.903. The fourth-order valence-corrected chi connectivity index (χ4v) is 2.31. The summed E-state index contributed by atoms with van der Waals surface area (Å²) < 4.78 is 2.11. The van der Waals surface area contributed by atoms with Crippen molar-refractivity contribution in [1.29, 1.82) is 0 Å². The van der Waals surface area contributed by atoms with Crippen LogP contribution in [-0.2, 0) is 6.54 Å². The Labute approximate surface area is 93.0 Å². The molecular weight excluding hydrogens is 208 g/mol. The summed E-state index contributed by atoms with van der Waals surface area (Å²) >= 11 is 1.66. The van der Waals surface area contributed by atoms with E-state index in [0.29, 0.717) is 0 Å². The summed E-state index contributed by atoms with van der Waals surface area (Å²) in [6.45, 7) is 6.01. The first-order valence-corrected chi connectivity index (χ1v) is 5.87. The SMILES string of the molecule is CCNc1ncc(-c2cncn2CC)s1. The number of hydrogen-bond acceptors (Lipinski definition) is 4. The largest absolute Gasteiger partial charge is 0.362 e. The van der Waals surface area contributed by atoms with Gasteiger partial charge in [0.05, 0.1) is 23.1 Å². The molecule has 0 radical (unpaired) electrons. The van der Waals surface area contributed by atoms with Crippen LogP contribution in [0.5, 0.6) is 0 Å². The van der Waals surface area contributed by atoms with Crippen molar-refractivity contribution in [2.75, 3.05) is 11.9 Å². The average molecular weight is 222 g/mol. The predicted molar refractivity (Wildman–Crippen MR) is 63.2 cm³/mol. The molecule has 2 rings (SSSR count). The second-order valence-corrected chi connectivity index (χ2v) is 4.16. The number of rotatable bonds is 4. The van der Waals surface area contributed by atoms with Gasteiger partial charge in [-0.15, -0.1) is 0 Å². The smallest absolute Gasteiger partial charge is 0.183 e. The molecule has 0 amide bonds. The van der Waals surface area contributed by atoms with E-state index >= 15 is 0 Å². The van der Waals surface area contributed by atoms with Crippen LogP contribution >= 0.6 is 11.3 Å². The number of nitrogens with one attached hydrogen (secondary N) is 1. The molecule has 0 spiro atoms. The van der Waals surface area contributed by atoms with Crippen molar-refractivity contribution < 1.29 is 0 Å². The quantitative estimate of drug-likeness (QED) is 0.864. The van der Waals surface area contributed by atoms with Gasteiger partial charge >= 0.3 is 0 Å². The van der Waals surface area contributed by atoms with E-state index in [4.69, 9.17) is 0 Å². The van der Waals surface area contributed by atoms with Crippen molar-refractivity contribution in [3.63, 3.8) is 0 Å². The van der Waals surface area contributed by atoms with Gasteiger partial charge in [0, 0.05) is 19.3 Å². The molecule has 0 fully saturated rings. The number of nitrogens with zero attached hydrogens (tertiary/aromatic N) is 3. The molecule has 0 saturated carbocycles. The minimum atomic E-state index is 0.903. The van der Waals surface area contributed by atoms with Gasteiger partial charge in [0.25, 0.3) is 0 Å². The van der Waals surface area contributed by atoms with Crippen molar-refractivity contribution in [2.24, 2.45) is 0 Å².